The van der Waals surface area contributed by atoms with Crippen LogP contribution in [-0.4, -0.2) is 52.9 Å². The zero-order chi connectivity index (χ0) is 29.3. The number of amides is 1. The first-order chi connectivity index (χ1) is 18.7. The highest BCUT2D eigenvalue weighted by Gasteiger charge is 2.47. The number of nitrogens with one attached hydrogen (secondary N) is 1. The molecular weight excluding hydrogens is 526 g/mol. The molecule has 0 radical (unpaired) electrons. The first-order valence-electron chi connectivity index (χ1n) is 13.8. The van der Waals surface area contributed by atoms with Gasteiger partial charge in [0.2, 0.25) is 5.91 Å². The van der Waals surface area contributed by atoms with Gasteiger partial charge in [0.05, 0.1) is 17.7 Å². The van der Waals surface area contributed by atoms with Crippen molar-refractivity contribution in [2.45, 2.75) is 77.6 Å². The average molecular weight is 564 g/mol. The Kier molecular flexibility index (Phi) is 8.59. The molecule has 0 aromatic heterocycles. The van der Waals surface area contributed by atoms with E-state index in [1.807, 2.05) is 0 Å². The molecule has 0 unspecified atom stereocenters. The fraction of sp³-hybridized carbons (Fsp3) is 0.567. The Morgan fingerprint density at radius 2 is 1.85 bits per heavy atom. The lowest BCUT2D eigenvalue weighted by atomic mass is 9.69. The Bertz CT molecular complexity index is 1240. The minimum absolute atomic E-state index is 0.0365. The van der Waals surface area contributed by atoms with Crippen LogP contribution >= 0.6 is 0 Å². The Hall–Kier alpha value is -3.01. The number of rotatable bonds is 7. The van der Waals surface area contributed by atoms with E-state index >= 15 is 4.39 Å². The monoisotopic (exact) mass is 563 g/mol. The summed E-state index contributed by atoms with van der Waals surface area (Å²) in [6, 6.07) is 5.22. The Labute approximate surface area is 232 Å². The smallest absolute Gasteiger partial charge is 0.416 e. The summed E-state index contributed by atoms with van der Waals surface area (Å²) in [5.41, 5.74) is 0.574. The molecular formula is C30H37F4N3O3. The number of carbonyl (C=O) groups excluding carboxylic acids is 1. The fourth-order valence-corrected chi connectivity index (χ4v) is 5.99. The highest BCUT2D eigenvalue weighted by molar-refractivity contribution is 6.03. The molecule has 1 spiro atoms. The second-order valence-corrected chi connectivity index (χ2v) is 12.1. The number of aliphatic imine (C=N–C) groups is 1. The molecule has 0 atom stereocenters. The van der Waals surface area contributed by atoms with Crippen molar-refractivity contribution in [2.24, 2.45) is 16.3 Å². The summed E-state index contributed by atoms with van der Waals surface area (Å²) in [5, 5.41) is 11.3. The maximum atomic E-state index is 15.3. The van der Waals surface area contributed by atoms with Gasteiger partial charge in [0.1, 0.15) is 11.5 Å². The third-order valence-corrected chi connectivity index (χ3v) is 8.44. The molecule has 0 bridgehead atoms. The van der Waals surface area contributed by atoms with Crippen LogP contribution in [-0.2, 0) is 15.8 Å². The molecule has 1 amide bonds. The van der Waals surface area contributed by atoms with Crippen LogP contribution in [0.5, 0.6) is 0 Å². The van der Waals surface area contributed by atoms with Gasteiger partial charge < -0.3 is 10.4 Å². The molecule has 4 rings (SSSR count). The standard InChI is InChI=1S/C30H37F4N3O3/c1-28(2,3)22-9-12-29(13-10-22)36-25(19-5-4-6-23(15-19)30(32,33)34)18-37(29)17-21-8-7-20(16-24(21)31)27(40)35-14-11-26(38)39/h4-6,15-16,22H,7-14,17-18H2,1-3H3,(H,35,40)(H,38,39). The van der Waals surface area contributed by atoms with Crippen molar-refractivity contribution in [2.75, 3.05) is 19.6 Å². The quantitative estimate of drug-likeness (QED) is 0.383. The van der Waals surface area contributed by atoms with Crippen LogP contribution in [0.4, 0.5) is 17.6 Å². The summed E-state index contributed by atoms with van der Waals surface area (Å²) in [6.45, 7) is 7.17. The van der Waals surface area contributed by atoms with Gasteiger partial charge in [-0.1, -0.05) is 32.9 Å². The molecule has 6 nitrogen and oxygen atoms in total. The van der Waals surface area contributed by atoms with E-state index < -0.39 is 35.1 Å². The Balaban J connectivity index is 1.57. The summed E-state index contributed by atoms with van der Waals surface area (Å²) in [7, 11) is 0. The molecule has 10 heteroatoms. The number of hydrogen-bond acceptors (Lipinski definition) is 4. The van der Waals surface area contributed by atoms with Gasteiger partial charge in [-0.15, -0.1) is 0 Å². The first kappa shape index (κ1) is 30.0. The van der Waals surface area contributed by atoms with Crippen LogP contribution in [0.3, 0.4) is 0 Å². The molecule has 1 aromatic carbocycles. The predicted octanol–water partition coefficient (Wildman–Crippen LogP) is 6.28. The molecule has 1 aromatic rings. The molecule has 0 saturated heterocycles. The van der Waals surface area contributed by atoms with E-state index in [0.717, 1.165) is 37.8 Å². The van der Waals surface area contributed by atoms with Crippen LogP contribution in [0.15, 0.2) is 52.3 Å². The van der Waals surface area contributed by atoms with Crippen LogP contribution in [0.25, 0.3) is 0 Å². The normalized spacial score (nSPS) is 24.2. The summed E-state index contributed by atoms with van der Waals surface area (Å²) < 4.78 is 55.5. The molecule has 1 aliphatic heterocycles. The summed E-state index contributed by atoms with van der Waals surface area (Å²) in [5.74, 6) is -1.53. The molecule has 1 heterocycles. The van der Waals surface area contributed by atoms with E-state index in [1.165, 1.54) is 12.1 Å². The highest BCUT2D eigenvalue weighted by atomic mass is 19.4. The third kappa shape index (κ3) is 6.82. The van der Waals surface area contributed by atoms with Gasteiger partial charge in [-0.05, 0) is 79.2 Å². The van der Waals surface area contributed by atoms with Gasteiger partial charge in [-0.2, -0.15) is 13.2 Å². The number of carbonyl (C=O) groups is 2. The lowest BCUT2D eigenvalue weighted by Gasteiger charge is -2.45. The minimum atomic E-state index is -4.46. The van der Waals surface area contributed by atoms with Crippen molar-refractivity contribution >= 4 is 17.6 Å². The second kappa shape index (κ2) is 11.5. The zero-order valence-electron chi connectivity index (χ0n) is 23.2. The van der Waals surface area contributed by atoms with E-state index in [-0.39, 0.29) is 30.5 Å². The minimum Gasteiger partial charge on any atom is -0.481 e. The average Bonchev–Trinajstić information content (AvgIpc) is 3.21. The van der Waals surface area contributed by atoms with Crippen molar-refractivity contribution < 1.29 is 32.3 Å². The lowest BCUT2D eigenvalue weighted by molar-refractivity contribution is -0.138. The van der Waals surface area contributed by atoms with Crippen molar-refractivity contribution in [3.63, 3.8) is 0 Å². The maximum Gasteiger partial charge on any atom is 0.416 e. The number of allylic oxidation sites excluding steroid dienone is 2. The lowest BCUT2D eigenvalue weighted by Crippen LogP contribution is -2.48. The van der Waals surface area contributed by atoms with Crippen molar-refractivity contribution in [1.82, 2.24) is 10.2 Å². The molecule has 40 heavy (non-hydrogen) atoms. The second-order valence-electron chi connectivity index (χ2n) is 12.1. The van der Waals surface area contributed by atoms with Crippen LogP contribution < -0.4 is 5.32 Å². The SMILES string of the molecule is CC(C)(C)C1CCC2(CC1)N=C(c1cccc(C(F)(F)F)c1)CN2CC1=C(F)C=C(C(=O)NCCC(=O)O)CC1. The van der Waals surface area contributed by atoms with Gasteiger partial charge in [0.15, 0.2) is 0 Å². The zero-order valence-corrected chi connectivity index (χ0v) is 23.2. The van der Waals surface area contributed by atoms with Crippen LogP contribution in [0.2, 0.25) is 0 Å². The first-order valence-corrected chi connectivity index (χ1v) is 13.8. The van der Waals surface area contributed by atoms with E-state index in [4.69, 9.17) is 10.1 Å². The van der Waals surface area contributed by atoms with Gasteiger partial charge in [0, 0.05) is 25.2 Å². The van der Waals surface area contributed by atoms with Gasteiger partial charge in [-0.25, -0.2) is 4.39 Å². The Morgan fingerprint density at radius 3 is 2.45 bits per heavy atom. The van der Waals surface area contributed by atoms with E-state index in [1.54, 1.807) is 6.07 Å². The van der Waals surface area contributed by atoms with Crippen LogP contribution in [0, 0.1) is 11.3 Å². The number of benzene rings is 1. The number of alkyl halides is 3. The van der Waals surface area contributed by atoms with E-state index in [0.29, 0.717) is 42.2 Å². The van der Waals surface area contributed by atoms with Crippen molar-refractivity contribution in [3.05, 3.63) is 58.4 Å². The van der Waals surface area contributed by atoms with Crippen LogP contribution in [0.1, 0.15) is 76.8 Å². The molecule has 1 fully saturated rings. The molecule has 2 N–H and O–H groups in total. The van der Waals surface area contributed by atoms with Gasteiger partial charge in [-0.3, -0.25) is 19.5 Å². The number of carboxylic acids is 1. The molecule has 218 valence electrons. The summed E-state index contributed by atoms with van der Waals surface area (Å²) >= 11 is 0. The largest absolute Gasteiger partial charge is 0.481 e. The number of halogens is 4. The predicted molar refractivity (Wildman–Crippen MR) is 144 cm³/mol. The third-order valence-electron chi connectivity index (χ3n) is 8.44. The molecule has 2 aliphatic carbocycles. The Morgan fingerprint density at radius 1 is 1.15 bits per heavy atom. The topological polar surface area (TPSA) is 82.0 Å². The number of aliphatic carboxylic acids is 1. The molecule has 1 saturated carbocycles. The molecule has 3 aliphatic rings. The number of carboxylic acid groups (broad SMARTS) is 1. The number of hydrogen-bond donors (Lipinski definition) is 2. The number of nitrogens with zero attached hydrogens (tertiary/aromatic N) is 2. The van der Waals surface area contributed by atoms with Crippen molar-refractivity contribution in [1.29, 1.82) is 0 Å². The van der Waals surface area contributed by atoms with Crippen molar-refractivity contribution in [3.8, 4) is 0 Å². The summed E-state index contributed by atoms with van der Waals surface area (Å²) in [6.07, 6.45) is 0.474. The summed E-state index contributed by atoms with van der Waals surface area (Å²) in [4.78, 5) is 30.2. The van der Waals surface area contributed by atoms with Gasteiger partial charge in [0.25, 0.3) is 0 Å². The fourth-order valence-electron chi connectivity index (χ4n) is 5.99. The van der Waals surface area contributed by atoms with Gasteiger partial charge >= 0.3 is 12.1 Å². The van der Waals surface area contributed by atoms with E-state index in [2.05, 4.69) is 31.0 Å². The highest BCUT2D eigenvalue weighted by Crippen LogP contribution is 2.47. The maximum absolute atomic E-state index is 15.3. The van der Waals surface area contributed by atoms with E-state index in [9.17, 15) is 22.8 Å².